The van der Waals surface area contributed by atoms with Crippen LogP contribution in [0.15, 0.2) is 30.5 Å². The molecule has 1 aromatic heterocycles. The highest BCUT2D eigenvalue weighted by molar-refractivity contribution is 5.84. The Kier molecular flexibility index (Phi) is 1.56. The molecule has 96 valence electrons. The Bertz CT molecular complexity index is 686. The smallest absolute Gasteiger partial charge is 0.165 e. The van der Waals surface area contributed by atoms with Gasteiger partial charge in [0.1, 0.15) is 5.92 Å². The molecule has 0 radical (unpaired) electrons. The van der Waals surface area contributed by atoms with Gasteiger partial charge in [-0.3, -0.25) is 0 Å². The third-order valence-corrected chi connectivity index (χ3v) is 6.06. The van der Waals surface area contributed by atoms with Gasteiger partial charge in [0, 0.05) is 42.8 Å². The molecule has 2 bridgehead atoms. The number of nitrogens with one attached hydrogen (secondary N) is 1. The van der Waals surface area contributed by atoms with Crippen LogP contribution in [-0.4, -0.2) is 20.8 Å². The fourth-order valence-corrected chi connectivity index (χ4v) is 5.42. The molecule has 3 saturated heterocycles. The summed E-state index contributed by atoms with van der Waals surface area (Å²) in [7, 11) is 0. The molecule has 4 aliphatic rings. The summed E-state index contributed by atoms with van der Waals surface area (Å²) in [5.74, 6) is 0.523. The van der Waals surface area contributed by atoms with Crippen LogP contribution in [-0.2, 0) is 0 Å². The minimum absolute atomic E-state index is 0.0449. The largest absolute Gasteiger partial charge is 0.506 e. The Morgan fingerprint density at radius 1 is 1.11 bits per heavy atom. The lowest BCUT2D eigenvalue weighted by atomic mass is 9.58. The fraction of sp³-hybridized carbons (Fsp3) is 0.500. The second-order valence-corrected chi connectivity index (χ2v) is 6.60. The standard InChI is InChI=1S/C16H17N3/c17-19-15-6-3-7-16(19,9-8-15)14(15)12-10-18-13-5-2-1-4-11(12)13/h1-2,4-5,10,14,18H,3,6-9H2. The summed E-state index contributed by atoms with van der Waals surface area (Å²) in [6, 6.07) is 8.54. The first-order valence-corrected chi connectivity index (χ1v) is 7.33. The molecule has 4 heterocycles. The number of rotatable bonds is 1. The molecular formula is C16H17N3. The molecule has 6 rings (SSSR count). The zero-order valence-electron chi connectivity index (χ0n) is 10.9. The molecule has 19 heavy (non-hydrogen) atoms. The quantitative estimate of drug-likeness (QED) is 0.750. The number of hydrogen-bond acceptors (Lipinski definition) is 0. The first-order chi connectivity index (χ1) is 9.28. The van der Waals surface area contributed by atoms with Crippen molar-refractivity contribution in [2.75, 3.05) is 0 Å². The molecule has 2 aromatic rings. The lowest BCUT2D eigenvalue weighted by molar-refractivity contribution is -0.757. The summed E-state index contributed by atoms with van der Waals surface area (Å²) in [5, 5.41) is 1.35. The zero-order chi connectivity index (χ0) is 12.7. The van der Waals surface area contributed by atoms with Crippen molar-refractivity contribution in [3.8, 4) is 0 Å². The lowest BCUT2D eigenvalue weighted by Gasteiger charge is -2.57. The van der Waals surface area contributed by atoms with Gasteiger partial charge in [0.25, 0.3) is 0 Å². The minimum Gasteiger partial charge on any atom is -0.506 e. The minimum atomic E-state index is 0.0449. The molecular weight excluding hydrogens is 234 g/mol. The van der Waals surface area contributed by atoms with E-state index in [2.05, 4.69) is 35.4 Å². The van der Waals surface area contributed by atoms with Crippen molar-refractivity contribution in [2.45, 2.75) is 49.1 Å². The van der Waals surface area contributed by atoms with E-state index in [9.17, 15) is 5.53 Å². The van der Waals surface area contributed by atoms with Crippen molar-refractivity contribution in [3.63, 3.8) is 0 Å². The van der Waals surface area contributed by atoms with Gasteiger partial charge in [-0.05, 0) is 18.1 Å². The summed E-state index contributed by atoms with van der Waals surface area (Å²) in [4.78, 5) is 3.40. The van der Waals surface area contributed by atoms with Gasteiger partial charge in [-0.25, -0.2) is 0 Å². The first-order valence-electron chi connectivity index (χ1n) is 7.33. The highest BCUT2D eigenvalue weighted by atomic mass is 15.4. The fourth-order valence-electron chi connectivity index (χ4n) is 5.42. The molecule has 1 N–H and O–H groups in total. The number of para-hydroxylation sites is 1. The molecule has 0 spiro atoms. The summed E-state index contributed by atoms with van der Waals surface area (Å²) in [6.45, 7) is 0. The topological polar surface area (TPSA) is 41.1 Å². The van der Waals surface area contributed by atoms with Gasteiger partial charge in [-0.2, -0.15) is 0 Å². The average Bonchev–Trinajstić information content (AvgIpc) is 3.02. The number of aromatic amines is 1. The summed E-state index contributed by atoms with van der Waals surface area (Å²) >= 11 is 0. The number of H-pyrrole nitrogens is 1. The Hall–Kier alpha value is -1.64. The SMILES string of the molecule is [N-]=[N+]1C23CCCC1(CC2)C3c1c[nH]c2ccccc12. The molecule has 3 heteroatoms. The molecule has 1 aromatic carbocycles. The second kappa shape index (κ2) is 2.92. The van der Waals surface area contributed by atoms with Crippen molar-refractivity contribution in [1.29, 1.82) is 0 Å². The maximum absolute atomic E-state index is 10.5. The van der Waals surface area contributed by atoms with Gasteiger partial charge in [0.15, 0.2) is 11.1 Å². The highest BCUT2D eigenvalue weighted by Gasteiger charge is 2.80. The van der Waals surface area contributed by atoms with E-state index < -0.39 is 0 Å². The van der Waals surface area contributed by atoms with Gasteiger partial charge >= 0.3 is 0 Å². The van der Waals surface area contributed by atoms with Crippen LogP contribution in [0.4, 0.5) is 0 Å². The van der Waals surface area contributed by atoms with Crippen LogP contribution in [0.3, 0.4) is 0 Å². The summed E-state index contributed by atoms with van der Waals surface area (Å²) in [6.07, 6.45) is 8.07. The normalized spacial score (nSPS) is 39.6. The molecule has 3 aliphatic heterocycles. The van der Waals surface area contributed by atoms with E-state index in [1.807, 2.05) is 0 Å². The third kappa shape index (κ3) is 0.896. The van der Waals surface area contributed by atoms with E-state index in [0.717, 1.165) is 25.7 Å². The number of benzene rings is 1. The Morgan fingerprint density at radius 2 is 1.84 bits per heavy atom. The molecule has 4 fully saturated rings. The van der Waals surface area contributed by atoms with E-state index in [1.54, 1.807) is 4.70 Å². The maximum atomic E-state index is 10.5. The van der Waals surface area contributed by atoms with Crippen molar-refractivity contribution >= 4 is 10.9 Å². The zero-order valence-corrected chi connectivity index (χ0v) is 10.9. The van der Waals surface area contributed by atoms with Crippen molar-refractivity contribution < 1.29 is 4.70 Å². The molecule has 1 aliphatic carbocycles. The van der Waals surface area contributed by atoms with Crippen molar-refractivity contribution in [1.82, 2.24) is 4.98 Å². The van der Waals surface area contributed by atoms with E-state index in [-0.39, 0.29) is 11.1 Å². The number of hydrogen-bond donors (Lipinski definition) is 1. The van der Waals surface area contributed by atoms with E-state index in [1.165, 1.54) is 22.9 Å². The van der Waals surface area contributed by atoms with Crippen LogP contribution in [0.2, 0.25) is 0 Å². The first kappa shape index (κ1) is 10.2. The number of aromatic nitrogens is 1. The number of fused-ring (bicyclic) bond motifs is 2. The number of piperidine rings is 1. The molecule has 2 unspecified atom stereocenters. The van der Waals surface area contributed by atoms with Gasteiger partial charge in [-0.15, -0.1) is 0 Å². The van der Waals surface area contributed by atoms with Crippen LogP contribution in [0.5, 0.6) is 0 Å². The van der Waals surface area contributed by atoms with Crippen LogP contribution in [0.25, 0.3) is 16.4 Å². The Balaban J connectivity index is 1.75. The highest BCUT2D eigenvalue weighted by Crippen LogP contribution is 2.70. The lowest BCUT2D eigenvalue weighted by Crippen LogP contribution is -2.69. The second-order valence-electron chi connectivity index (χ2n) is 6.60. The maximum Gasteiger partial charge on any atom is 0.165 e. The molecule has 1 saturated carbocycles. The van der Waals surface area contributed by atoms with Crippen LogP contribution in [0.1, 0.15) is 43.6 Å². The predicted molar refractivity (Wildman–Crippen MR) is 73.2 cm³/mol. The van der Waals surface area contributed by atoms with Gasteiger partial charge < -0.3 is 15.2 Å². The summed E-state index contributed by atoms with van der Waals surface area (Å²) < 4.78 is 1.73. The predicted octanol–water partition coefficient (Wildman–Crippen LogP) is 3.75. The molecule has 3 nitrogen and oxygen atoms in total. The van der Waals surface area contributed by atoms with E-state index in [0.29, 0.717) is 5.92 Å². The van der Waals surface area contributed by atoms with Gasteiger partial charge in [-0.1, -0.05) is 18.2 Å². The van der Waals surface area contributed by atoms with Crippen LogP contribution in [0, 0.1) is 0 Å². The van der Waals surface area contributed by atoms with Crippen LogP contribution >= 0.6 is 0 Å². The number of nitrogens with zero attached hydrogens (tertiary/aromatic N) is 2. The molecule has 0 amide bonds. The van der Waals surface area contributed by atoms with E-state index >= 15 is 0 Å². The van der Waals surface area contributed by atoms with Crippen LogP contribution < -0.4 is 0 Å². The Morgan fingerprint density at radius 3 is 2.63 bits per heavy atom. The molecule has 2 atom stereocenters. The Labute approximate surface area is 112 Å². The van der Waals surface area contributed by atoms with Crippen molar-refractivity contribution in [2.24, 2.45) is 0 Å². The van der Waals surface area contributed by atoms with Crippen molar-refractivity contribution in [3.05, 3.63) is 41.6 Å². The summed E-state index contributed by atoms with van der Waals surface area (Å²) in [5.41, 5.74) is 13.2. The average molecular weight is 251 g/mol. The van der Waals surface area contributed by atoms with Gasteiger partial charge in [0.05, 0.1) is 0 Å². The van der Waals surface area contributed by atoms with Gasteiger partial charge in [0.2, 0.25) is 0 Å². The monoisotopic (exact) mass is 251 g/mol. The third-order valence-electron chi connectivity index (χ3n) is 6.06. The van der Waals surface area contributed by atoms with E-state index in [4.69, 9.17) is 0 Å².